The summed E-state index contributed by atoms with van der Waals surface area (Å²) in [5.41, 5.74) is 5.89. The molecule has 2 aromatic heterocycles. The van der Waals surface area contributed by atoms with Crippen LogP contribution in [-0.4, -0.2) is 21.3 Å². The van der Waals surface area contributed by atoms with Crippen LogP contribution in [0.15, 0.2) is 18.2 Å². The zero-order valence-corrected chi connectivity index (χ0v) is 12.9. The molecule has 108 valence electrons. The van der Waals surface area contributed by atoms with Crippen molar-refractivity contribution in [2.24, 2.45) is 0 Å². The molecule has 0 aromatic carbocycles. The number of pyridine rings is 1. The van der Waals surface area contributed by atoms with Crippen molar-refractivity contribution >= 4 is 0 Å². The van der Waals surface area contributed by atoms with Crippen LogP contribution >= 0.6 is 0 Å². The molecule has 0 radical (unpaired) electrons. The van der Waals surface area contributed by atoms with Gasteiger partial charge >= 0.3 is 0 Å². The summed E-state index contributed by atoms with van der Waals surface area (Å²) in [5, 5.41) is 7.93. The highest BCUT2D eigenvalue weighted by Gasteiger charge is 2.10. The average molecular weight is 272 g/mol. The van der Waals surface area contributed by atoms with E-state index in [1.54, 1.807) is 0 Å². The summed E-state index contributed by atoms with van der Waals surface area (Å²) in [6.07, 6.45) is 1.03. The lowest BCUT2D eigenvalue weighted by molar-refractivity contribution is 0.637. The quantitative estimate of drug-likeness (QED) is 0.879. The molecule has 2 rings (SSSR count). The van der Waals surface area contributed by atoms with Crippen molar-refractivity contribution in [1.29, 1.82) is 0 Å². The Hall–Kier alpha value is -1.68. The summed E-state index contributed by atoms with van der Waals surface area (Å²) in [4.78, 5) is 4.69. The second-order valence-corrected chi connectivity index (χ2v) is 5.06. The summed E-state index contributed by atoms with van der Waals surface area (Å²) >= 11 is 0. The molecule has 0 bridgehead atoms. The summed E-state index contributed by atoms with van der Waals surface area (Å²) < 4.78 is 2.06. The predicted molar refractivity (Wildman–Crippen MR) is 81.8 cm³/mol. The Morgan fingerprint density at radius 1 is 1.15 bits per heavy atom. The van der Waals surface area contributed by atoms with Gasteiger partial charge in [0.05, 0.1) is 23.6 Å². The lowest BCUT2D eigenvalue weighted by Crippen LogP contribution is -2.14. The van der Waals surface area contributed by atoms with E-state index in [2.05, 4.69) is 66.0 Å². The second kappa shape index (κ2) is 6.66. The summed E-state index contributed by atoms with van der Waals surface area (Å²) in [6, 6.07) is 6.20. The van der Waals surface area contributed by atoms with Gasteiger partial charge in [-0.05, 0) is 44.5 Å². The first-order valence-electron chi connectivity index (χ1n) is 7.34. The fourth-order valence-corrected chi connectivity index (χ4v) is 2.52. The molecule has 4 nitrogen and oxygen atoms in total. The first-order valence-corrected chi connectivity index (χ1v) is 7.34. The van der Waals surface area contributed by atoms with Gasteiger partial charge < -0.3 is 5.32 Å². The zero-order chi connectivity index (χ0) is 14.5. The summed E-state index contributed by atoms with van der Waals surface area (Å²) in [5.74, 6) is 0. The van der Waals surface area contributed by atoms with Gasteiger partial charge in [-0.2, -0.15) is 5.10 Å². The van der Waals surface area contributed by atoms with E-state index in [0.29, 0.717) is 0 Å². The lowest BCUT2D eigenvalue weighted by Gasteiger charge is -2.07. The van der Waals surface area contributed by atoms with Crippen molar-refractivity contribution in [2.75, 3.05) is 6.54 Å². The fourth-order valence-electron chi connectivity index (χ4n) is 2.52. The Morgan fingerprint density at radius 2 is 1.90 bits per heavy atom. The minimum absolute atomic E-state index is 0.743. The first-order chi connectivity index (χ1) is 9.65. The SMILES string of the molecule is CCNCc1cccc(Cn2nc(C)c(CC)c2C)n1. The van der Waals surface area contributed by atoms with Gasteiger partial charge in [-0.15, -0.1) is 0 Å². The van der Waals surface area contributed by atoms with E-state index in [4.69, 9.17) is 0 Å². The Bertz CT molecular complexity index is 572. The maximum Gasteiger partial charge on any atom is 0.0834 e. The van der Waals surface area contributed by atoms with Gasteiger partial charge in [0.1, 0.15) is 0 Å². The molecule has 20 heavy (non-hydrogen) atoms. The molecule has 0 aliphatic rings. The van der Waals surface area contributed by atoms with Crippen LogP contribution in [0.25, 0.3) is 0 Å². The molecule has 0 saturated heterocycles. The van der Waals surface area contributed by atoms with E-state index in [1.165, 1.54) is 11.3 Å². The van der Waals surface area contributed by atoms with Crippen molar-refractivity contribution in [1.82, 2.24) is 20.1 Å². The molecule has 0 saturated carbocycles. The van der Waals surface area contributed by atoms with Gasteiger partial charge in [-0.25, -0.2) is 0 Å². The maximum atomic E-state index is 4.69. The number of hydrogen-bond donors (Lipinski definition) is 1. The van der Waals surface area contributed by atoms with E-state index in [1.807, 2.05) is 0 Å². The third kappa shape index (κ3) is 3.25. The number of aryl methyl sites for hydroxylation is 1. The largest absolute Gasteiger partial charge is 0.311 e. The third-order valence-electron chi connectivity index (χ3n) is 3.62. The van der Waals surface area contributed by atoms with Crippen LogP contribution in [0.4, 0.5) is 0 Å². The number of aromatic nitrogens is 3. The van der Waals surface area contributed by atoms with Crippen LogP contribution in [-0.2, 0) is 19.5 Å². The van der Waals surface area contributed by atoms with Crippen LogP contribution in [0.5, 0.6) is 0 Å². The second-order valence-electron chi connectivity index (χ2n) is 5.06. The minimum atomic E-state index is 0.743. The van der Waals surface area contributed by atoms with Gasteiger partial charge in [0.25, 0.3) is 0 Å². The standard InChI is InChI=1S/C16H24N4/c1-5-16-12(3)19-20(13(16)4)11-15-9-7-8-14(18-15)10-17-6-2/h7-9,17H,5-6,10-11H2,1-4H3. The molecule has 0 amide bonds. The van der Waals surface area contributed by atoms with Gasteiger partial charge in [0.15, 0.2) is 0 Å². The van der Waals surface area contributed by atoms with Crippen LogP contribution in [0.3, 0.4) is 0 Å². The molecular formula is C16H24N4. The minimum Gasteiger partial charge on any atom is -0.311 e. The highest BCUT2D eigenvalue weighted by molar-refractivity contribution is 5.25. The molecule has 2 aromatic rings. The molecule has 0 aliphatic heterocycles. The lowest BCUT2D eigenvalue weighted by atomic mass is 10.1. The Labute approximate surface area is 121 Å². The fraction of sp³-hybridized carbons (Fsp3) is 0.500. The van der Waals surface area contributed by atoms with Gasteiger partial charge in [0, 0.05) is 12.2 Å². The van der Waals surface area contributed by atoms with Gasteiger partial charge in [-0.1, -0.05) is 19.9 Å². The molecular weight excluding hydrogens is 248 g/mol. The van der Waals surface area contributed by atoms with E-state index < -0.39 is 0 Å². The topological polar surface area (TPSA) is 42.7 Å². The molecule has 1 N–H and O–H groups in total. The van der Waals surface area contributed by atoms with E-state index >= 15 is 0 Å². The maximum absolute atomic E-state index is 4.69. The molecule has 0 spiro atoms. The Balaban J connectivity index is 2.17. The number of nitrogens with zero attached hydrogens (tertiary/aromatic N) is 3. The normalized spacial score (nSPS) is 11.0. The predicted octanol–water partition coefficient (Wildman–Crippen LogP) is 2.62. The van der Waals surface area contributed by atoms with E-state index in [9.17, 15) is 0 Å². The molecule has 2 heterocycles. The highest BCUT2D eigenvalue weighted by Crippen LogP contribution is 2.14. The Kier molecular flexibility index (Phi) is 4.90. The van der Waals surface area contributed by atoms with Crippen LogP contribution < -0.4 is 5.32 Å². The third-order valence-corrected chi connectivity index (χ3v) is 3.62. The highest BCUT2D eigenvalue weighted by atomic mass is 15.3. The number of rotatable bonds is 6. The van der Waals surface area contributed by atoms with Crippen molar-refractivity contribution < 1.29 is 0 Å². The van der Waals surface area contributed by atoms with Crippen LogP contribution in [0.1, 0.15) is 42.2 Å². The zero-order valence-electron chi connectivity index (χ0n) is 12.9. The smallest absolute Gasteiger partial charge is 0.0834 e. The molecule has 0 aliphatic carbocycles. The van der Waals surface area contributed by atoms with Crippen LogP contribution in [0, 0.1) is 13.8 Å². The van der Waals surface area contributed by atoms with E-state index in [-0.39, 0.29) is 0 Å². The monoisotopic (exact) mass is 272 g/mol. The first kappa shape index (κ1) is 14.7. The molecule has 0 unspecified atom stereocenters. The van der Waals surface area contributed by atoms with Crippen molar-refractivity contribution in [3.63, 3.8) is 0 Å². The Morgan fingerprint density at radius 3 is 2.55 bits per heavy atom. The molecule has 4 heteroatoms. The van der Waals surface area contributed by atoms with Gasteiger partial charge in [-0.3, -0.25) is 9.67 Å². The number of nitrogens with one attached hydrogen (secondary N) is 1. The average Bonchev–Trinajstić information content (AvgIpc) is 2.71. The van der Waals surface area contributed by atoms with Crippen molar-refractivity contribution in [3.8, 4) is 0 Å². The summed E-state index contributed by atoms with van der Waals surface area (Å²) in [7, 11) is 0. The van der Waals surface area contributed by atoms with Crippen LogP contribution in [0.2, 0.25) is 0 Å². The van der Waals surface area contributed by atoms with Crippen molar-refractivity contribution in [2.45, 2.75) is 47.2 Å². The van der Waals surface area contributed by atoms with Crippen molar-refractivity contribution in [3.05, 3.63) is 46.5 Å². The number of hydrogen-bond acceptors (Lipinski definition) is 3. The van der Waals surface area contributed by atoms with E-state index in [0.717, 1.165) is 43.1 Å². The van der Waals surface area contributed by atoms with Gasteiger partial charge in [0.2, 0.25) is 0 Å². The molecule has 0 fully saturated rings. The summed E-state index contributed by atoms with van der Waals surface area (Å²) in [6.45, 7) is 11.0. The molecule has 0 atom stereocenters.